The predicted molar refractivity (Wildman–Crippen MR) is 62.2 cm³/mol. The molecule has 0 nitrogen and oxygen atoms in total. The van der Waals surface area contributed by atoms with Crippen LogP contribution in [0.2, 0.25) is 10.0 Å². The summed E-state index contributed by atoms with van der Waals surface area (Å²) in [5.74, 6) is 1.45. The number of benzene rings is 1. The van der Waals surface area contributed by atoms with Crippen LogP contribution in [0.15, 0.2) is 18.2 Å². The van der Waals surface area contributed by atoms with E-state index in [9.17, 15) is 0 Å². The lowest BCUT2D eigenvalue weighted by Gasteiger charge is -2.12. The maximum Gasteiger partial charge on any atom is 0.0441 e. The highest BCUT2D eigenvalue weighted by Gasteiger charge is 2.24. The fourth-order valence-corrected chi connectivity index (χ4v) is 2.77. The molecule has 0 spiro atoms. The second-order valence-electron chi connectivity index (χ2n) is 4.28. The molecule has 2 unspecified atom stereocenters. The Morgan fingerprint density at radius 2 is 2.00 bits per heavy atom. The van der Waals surface area contributed by atoms with Gasteiger partial charge in [0.15, 0.2) is 0 Å². The summed E-state index contributed by atoms with van der Waals surface area (Å²) in [5.41, 5.74) is 1.24. The molecule has 2 heteroatoms. The summed E-state index contributed by atoms with van der Waals surface area (Å²) in [5, 5.41) is 1.66. The molecule has 0 bridgehead atoms. The van der Waals surface area contributed by atoms with Crippen molar-refractivity contribution in [2.45, 2.75) is 32.1 Å². The summed E-state index contributed by atoms with van der Waals surface area (Å²) in [4.78, 5) is 0. The lowest BCUT2D eigenvalue weighted by atomic mass is 9.97. The van der Waals surface area contributed by atoms with E-state index in [0.29, 0.717) is 5.92 Å². The second kappa shape index (κ2) is 4.12. The first kappa shape index (κ1) is 10.3. The van der Waals surface area contributed by atoms with Crippen molar-refractivity contribution in [3.63, 3.8) is 0 Å². The number of hydrogen-bond donors (Lipinski definition) is 0. The molecule has 0 radical (unpaired) electrons. The van der Waals surface area contributed by atoms with Gasteiger partial charge in [-0.15, -0.1) is 0 Å². The average Bonchev–Trinajstić information content (AvgIpc) is 2.56. The van der Waals surface area contributed by atoms with Crippen molar-refractivity contribution < 1.29 is 0 Å². The van der Waals surface area contributed by atoms with Crippen LogP contribution < -0.4 is 0 Å². The predicted octanol–water partition coefficient (Wildman–Crippen LogP) is 4.90. The van der Waals surface area contributed by atoms with E-state index >= 15 is 0 Å². The highest BCUT2D eigenvalue weighted by atomic mass is 35.5. The van der Waals surface area contributed by atoms with Gasteiger partial charge in [-0.2, -0.15) is 0 Å². The van der Waals surface area contributed by atoms with Crippen LogP contribution in [0.5, 0.6) is 0 Å². The van der Waals surface area contributed by atoms with Gasteiger partial charge >= 0.3 is 0 Å². The van der Waals surface area contributed by atoms with Gasteiger partial charge in [0.05, 0.1) is 0 Å². The lowest BCUT2D eigenvalue weighted by Crippen LogP contribution is -1.94. The van der Waals surface area contributed by atoms with Crippen LogP contribution in [-0.2, 0) is 0 Å². The third-order valence-corrected chi connectivity index (χ3v) is 3.67. The fraction of sp³-hybridized carbons (Fsp3) is 0.500. The maximum absolute atomic E-state index is 6.17. The molecular weight excluding hydrogens is 215 g/mol. The van der Waals surface area contributed by atoms with Crippen molar-refractivity contribution in [3.8, 4) is 0 Å². The first-order chi connectivity index (χ1) is 6.66. The minimum Gasteiger partial charge on any atom is -0.0843 e. The van der Waals surface area contributed by atoms with Gasteiger partial charge in [-0.05, 0) is 48.4 Å². The molecule has 0 aromatic heterocycles. The highest BCUT2D eigenvalue weighted by molar-refractivity contribution is 6.33. The maximum atomic E-state index is 6.17. The minimum absolute atomic E-state index is 0.621. The van der Waals surface area contributed by atoms with Gasteiger partial charge in [-0.1, -0.05) is 36.5 Å². The topological polar surface area (TPSA) is 0 Å². The molecule has 1 aromatic rings. The van der Waals surface area contributed by atoms with E-state index in [1.165, 1.54) is 24.8 Å². The molecule has 0 amide bonds. The van der Waals surface area contributed by atoms with Crippen molar-refractivity contribution >= 4 is 23.2 Å². The standard InChI is InChI=1S/C12H14Cl2/c1-8-2-3-9(6-8)11-7-10(13)4-5-12(11)14/h4-5,7-9H,2-3,6H2,1H3. The molecular formula is C12H14Cl2. The van der Waals surface area contributed by atoms with Crippen LogP contribution >= 0.6 is 23.2 Å². The number of halogens is 2. The van der Waals surface area contributed by atoms with Gasteiger partial charge in [0, 0.05) is 10.0 Å². The third-order valence-electron chi connectivity index (χ3n) is 3.09. The summed E-state index contributed by atoms with van der Waals surface area (Å²) >= 11 is 12.1. The van der Waals surface area contributed by atoms with E-state index in [0.717, 1.165) is 16.0 Å². The van der Waals surface area contributed by atoms with Crippen LogP contribution in [0.3, 0.4) is 0 Å². The van der Waals surface area contributed by atoms with Gasteiger partial charge in [-0.25, -0.2) is 0 Å². The Hall–Kier alpha value is -0.200. The molecule has 1 aliphatic carbocycles. The quantitative estimate of drug-likeness (QED) is 0.642. The van der Waals surface area contributed by atoms with Gasteiger partial charge in [0.25, 0.3) is 0 Å². The molecule has 1 aliphatic rings. The van der Waals surface area contributed by atoms with E-state index in [4.69, 9.17) is 23.2 Å². The summed E-state index contributed by atoms with van der Waals surface area (Å²) < 4.78 is 0. The minimum atomic E-state index is 0.621. The summed E-state index contributed by atoms with van der Waals surface area (Å²) in [6, 6.07) is 5.78. The summed E-state index contributed by atoms with van der Waals surface area (Å²) in [6.45, 7) is 2.30. The smallest absolute Gasteiger partial charge is 0.0441 e. The van der Waals surface area contributed by atoms with Gasteiger partial charge in [0.2, 0.25) is 0 Å². The molecule has 1 aromatic carbocycles. The first-order valence-corrected chi connectivity index (χ1v) is 5.87. The van der Waals surface area contributed by atoms with Gasteiger partial charge < -0.3 is 0 Å². The molecule has 0 heterocycles. The second-order valence-corrected chi connectivity index (χ2v) is 5.12. The van der Waals surface area contributed by atoms with Crippen molar-refractivity contribution in [1.29, 1.82) is 0 Å². The summed E-state index contributed by atoms with van der Waals surface area (Å²) in [7, 11) is 0. The Morgan fingerprint density at radius 3 is 2.64 bits per heavy atom. The Kier molecular flexibility index (Phi) is 3.04. The average molecular weight is 229 g/mol. The molecule has 2 atom stereocenters. The van der Waals surface area contributed by atoms with E-state index in [-0.39, 0.29) is 0 Å². The van der Waals surface area contributed by atoms with E-state index in [2.05, 4.69) is 6.92 Å². The van der Waals surface area contributed by atoms with Crippen LogP contribution in [-0.4, -0.2) is 0 Å². The highest BCUT2D eigenvalue weighted by Crippen LogP contribution is 2.41. The van der Waals surface area contributed by atoms with E-state index < -0.39 is 0 Å². The van der Waals surface area contributed by atoms with E-state index in [1.54, 1.807) is 0 Å². The third kappa shape index (κ3) is 2.07. The van der Waals surface area contributed by atoms with Crippen molar-refractivity contribution in [1.82, 2.24) is 0 Å². The largest absolute Gasteiger partial charge is 0.0843 e. The molecule has 0 saturated heterocycles. The number of rotatable bonds is 1. The van der Waals surface area contributed by atoms with Crippen molar-refractivity contribution in [2.75, 3.05) is 0 Å². The molecule has 2 rings (SSSR count). The Bertz CT molecular complexity index is 333. The zero-order valence-electron chi connectivity index (χ0n) is 8.26. The number of hydrogen-bond acceptors (Lipinski definition) is 0. The molecule has 1 fully saturated rings. The molecule has 0 aliphatic heterocycles. The van der Waals surface area contributed by atoms with Gasteiger partial charge in [-0.3, -0.25) is 0 Å². The van der Waals surface area contributed by atoms with Crippen LogP contribution in [0.1, 0.15) is 37.7 Å². The van der Waals surface area contributed by atoms with Crippen LogP contribution in [0, 0.1) is 5.92 Å². The normalized spacial score (nSPS) is 26.8. The zero-order valence-corrected chi connectivity index (χ0v) is 9.78. The lowest BCUT2D eigenvalue weighted by molar-refractivity contribution is 0.596. The van der Waals surface area contributed by atoms with Crippen LogP contribution in [0.25, 0.3) is 0 Å². The van der Waals surface area contributed by atoms with Crippen molar-refractivity contribution in [3.05, 3.63) is 33.8 Å². The monoisotopic (exact) mass is 228 g/mol. The Balaban J connectivity index is 2.27. The van der Waals surface area contributed by atoms with Crippen molar-refractivity contribution in [2.24, 2.45) is 5.92 Å². The summed E-state index contributed by atoms with van der Waals surface area (Å²) in [6.07, 6.45) is 3.81. The molecule has 0 N–H and O–H groups in total. The van der Waals surface area contributed by atoms with Crippen LogP contribution in [0.4, 0.5) is 0 Å². The first-order valence-electron chi connectivity index (χ1n) is 5.12. The molecule has 76 valence electrons. The van der Waals surface area contributed by atoms with Gasteiger partial charge in [0.1, 0.15) is 0 Å². The zero-order chi connectivity index (χ0) is 10.1. The SMILES string of the molecule is CC1CCC(c2cc(Cl)ccc2Cl)C1. The Morgan fingerprint density at radius 1 is 1.21 bits per heavy atom. The van der Waals surface area contributed by atoms with E-state index in [1.807, 2.05) is 18.2 Å². The molecule has 14 heavy (non-hydrogen) atoms. The molecule has 1 saturated carbocycles. The fourth-order valence-electron chi connectivity index (χ4n) is 2.32. The Labute approximate surface area is 95.2 Å².